The predicted molar refractivity (Wildman–Crippen MR) is 51.4 cm³/mol. The van der Waals surface area contributed by atoms with Gasteiger partial charge in [-0.25, -0.2) is 9.37 Å². The number of aromatic nitrogens is 1. The fraction of sp³-hybridized carbons (Fsp3) is 0.400. The van der Waals surface area contributed by atoms with Crippen LogP contribution in [0.25, 0.3) is 0 Å². The van der Waals surface area contributed by atoms with Gasteiger partial charge in [-0.05, 0) is 18.6 Å². The number of nitrogens with zero attached hydrogens (tertiary/aromatic N) is 2. The molecule has 2 rings (SSSR count). The van der Waals surface area contributed by atoms with Crippen LogP contribution in [0.5, 0.6) is 0 Å². The van der Waals surface area contributed by atoms with Gasteiger partial charge in [0.2, 0.25) is 0 Å². The molecule has 1 saturated heterocycles. The number of rotatable bonds is 2. The van der Waals surface area contributed by atoms with E-state index in [9.17, 15) is 9.18 Å². The minimum absolute atomic E-state index is 0.345. The number of halogens is 1. The molecule has 1 aromatic heterocycles. The van der Waals surface area contributed by atoms with E-state index >= 15 is 0 Å². The normalized spacial score (nSPS) is 21.2. The SMILES string of the molecule is O=Cc1cccnc1N1CCC(F)C1. The first kappa shape index (κ1) is 9.12. The maximum atomic E-state index is 12.9. The molecule has 0 N–H and O–H groups in total. The third-order valence-corrected chi connectivity index (χ3v) is 2.37. The summed E-state index contributed by atoms with van der Waals surface area (Å²) >= 11 is 0. The molecule has 1 aliphatic heterocycles. The van der Waals surface area contributed by atoms with E-state index < -0.39 is 6.17 Å². The zero-order chi connectivity index (χ0) is 9.97. The Kier molecular flexibility index (Phi) is 2.43. The van der Waals surface area contributed by atoms with E-state index in [0.717, 1.165) is 6.29 Å². The minimum Gasteiger partial charge on any atom is -0.353 e. The molecule has 0 radical (unpaired) electrons. The number of hydrogen-bond donors (Lipinski definition) is 0. The Morgan fingerprint density at radius 1 is 1.64 bits per heavy atom. The molecule has 0 saturated carbocycles. The lowest BCUT2D eigenvalue weighted by Crippen LogP contribution is -2.22. The van der Waals surface area contributed by atoms with E-state index in [2.05, 4.69) is 4.98 Å². The van der Waals surface area contributed by atoms with Crippen molar-refractivity contribution < 1.29 is 9.18 Å². The lowest BCUT2D eigenvalue weighted by Gasteiger charge is -2.17. The van der Waals surface area contributed by atoms with Crippen LogP contribution in [0.4, 0.5) is 10.2 Å². The van der Waals surface area contributed by atoms with E-state index in [1.807, 2.05) is 4.90 Å². The Morgan fingerprint density at radius 2 is 2.50 bits per heavy atom. The van der Waals surface area contributed by atoms with Gasteiger partial charge in [-0.3, -0.25) is 4.79 Å². The molecule has 2 heterocycles. The van der Waals surface area contributed by atoms with Crippen LogP contribution in [-0.4, -0.2) is 30.5 Å². The molecule has 1 fully saturated rings. The Balaban J connectivity index is 2.27. The average Bonchev–Trinajstić information content (AvgIpc) is 2.65. The van der Waals surface area contributed by atoms with Crippen LogP contribution in [0, 0.1) is 0 Å². The van der Waals surface area contributed by atoms with Gasteiger partial charge < -0.3 is 4.90 Å². The molecule has 0 aliphatic carbocycles. The molecule has 14 heavy (non-hydrogen) atoms. The molecule has 0 amide bonds. The topological polar surface area (TPSA) is 33.2 Å². The minimum atomic E-state index is -0.795. The zero-order valence-electron chi connectivity index (χ0n) is 7.69. The van der Waals surface area contributed by atoms with E-state index in [1.165, 1.54) is 0 Å². The molecular weight excluding hydrogens is 183 g/mol. The summed E-state index contributed by atoms with van der Waals surface area (Å²) in [7, 11) is 0. The number of alkyl halides is 1. The fourth-order valence-electron chi connectivity index (χ4n) is 1.68. The molecule has 0 spiro atoms. The summed E-state index contributed by atoms with van der Waals surface area (Å²) in [5.41, 5.74) is 0.529. The Labute approximate surface area is 81.6 Å². The van der Waals surface area contributed by atoms with Crippen molar-refractivity contribution in [2.24, 2.45) is 0 Å². The molecule has 0 aromatic carbocycles. The fourth-order valence-corrected chi connectivity index (χ4v) is 1.68. The maximum Gasteiger partial charge on any atom is 0.153 e. The van der Waals surface area contributed by atoms with Crippen LogP contribution in [-0.2, 0) is 0 Å². The highest BCUT2D eigenvalue weighted by Crippen LogP contribution is 2.21. The molecular formula is C10H11FN2O. The number of pyridine rings is 1. The van der Waals surface area contributed by atoms with Crippen molar-refractivity contribution in [2.45, 2.75) is 12.6 Å². The summed E-state index contributed by atoms with van der Waals surface area (Å²) in [4.78, 5) is 16.6. The quantitative estimate of drug-likeness (QED) is 0.668. The van der Waals surface area contributed by atoms with Crippen molar-refractivity contribution in [3.8, 4) is 0 Å². The summed E-state index contributed by atoms with van der Waals surface area (Å²) in [6.45, 7) is 0.983. The molecule has 4 heteroatoms. The van der Waals surface area contributed by atoms with Gasteiger partial charge >= 0.3 is 0 Å². The van der Waals surface area contributed by atoms with E-state index in [4.69, 9.17) is 0 Å². The van der Waals surface area contributed by atoms with Gasteiger partial charge in [-0.2, -0.15) is 0 Å². The first-order chi connectivity index (χ1) is 6.81. The van der Waals surface area contributed by atoms with Crippen LogP contribution in [0.3, 0.4) is 0 Å². The van der Waals surface area contributed by atoms with Crippen LogP contribution >= 0.6 is 0 Å². The highest BCUT2D eigenvalue weighted by atomic mass is 19.1. The van der Waals surface area contributed by atoms with Crippen molar-refractivity contribution in [1.29, 1.82) is 0 Å². The highest BCUT2D eigenvalue weighted by molar-refractivity contribution is 5.82. The second kappa shape index (κ2) is 3.74. The molecule has 74 valence electrons. The van der Waals surface area contributed by atoms with Crippen molar-refractivity contribution in [1.82, 2.24) is 4.98 Å². The van der Waals surface area contributed by atoms with Gasteiger partial charge in [-0.1, -0.05) is 0 Å². The number of carbonyl (C=O) groups is 1. The van der Waals surface area contributed by atoms with E-state index in [1.54, 1.807) is 18.3 Å². The van der Waals surface area contributed by atoms with Crippen molar-refractivity contribution in [3.63, 3.8) is 0 Å². The number of anilines is 1. The zero-order valence-corrected chi connectivity index (χ0v) is 7.69. The molecule has 1 unspecified atom stereocenters. The van der Waals surface area contributed by atoms with Crippen LogP contribution in [0.15, 0.2) is 18.3 Å². The first-order valence-electron chi connectivity index (χ1n) is 4.60. The number of carbonyl (C=O) groups excluding carboxylic acids is 1. The lowest BCUT2D eigenvalue weighted by atomic mass is 10.2. The second-order valence-electron chi connectivity index (χ2n) is 3.37. The predicted octanol–water partition coefficient (Wildman–Crippen LogP) is 1.44. The van der Waals surface area contributed by atoms with Crippen LogP contribution < -0.4 is 4.90 Å². The number of hydrogen-bond acceptors (Lipinski definition) is 3. The highest BCUT2D eigenvalue weighted by Gasteiger charge is 2.24. The molecule has 1 aliphatic rings. The lowest BCUT2D eigenvalue weighted by molar-refractivity contribution is 0.112. The summed E-state index contributed by atoms with van der Waals surface area (Å²) in [5, 5.41) is 0. The Morgan fingerprint density at radius 3 is 3.14 bits per heavy atom. The maximum absolute atomic E-state index is 12.9. The number of aldehydes is 1. The first-order valence-corrected chi connectivity index (χ1v) is 4.60. The average molecular weight is 194 g/mol. The third-order valence-electron chi connectivity index (χ3n) is 2.37. The van der Waals surface area contributed by atoms with Gasteiger partial charge in [0.1, 0.15) is 12.0 Å². The van der Waals surface area contributed by atoms with Crippen molar-refractivity contribution >= 4 is 12.1 Å². The van der Waals surface area contributed by atoms with E-state index in [0.29, 0.717) is 30.9 Å². The van der Waals surface area contributed by atoms with Gasteiger partial charge in [0.05, 0.1) is 12.1 Å². The van der Waals surface area contributed by atoms with Crippen molar-refractivity contribution in [2.75, 3.05) is 18.0 Å². The Hall–Kier alpha value is -1.45. The summed E-state index contributed by atoms with van der Waals surface area (Å²) in [6, 6.07) is 3.40. The molecule has 0 bridgehead atoms. The standard InChI is InChI=1S/C10H11FN2O/c11-9-3-5-13(6-9)10-8(7-14)2-1-4-12-10/h1-2,4,7,9H,3,5-6H2. The summed E-state index contributed by atoms with van der Waals surface area (Å²) < 4.78 is 12.9. The molecule has 3 nitrogen and oxygen atoms in total. The van der Waals surface area contributed by atoms with Crippen molar-refractivity contribution in [3.05, 3.63) is 23.9 Å². The summed E-state index contributed by atoms with van der Waals surface area (Å²) in [6.07, 6.45) is 2.10. The van der Waals surface area contributed by atoms with Gasteiger partial charge in [0.25, 0.3) is 0 Å². The van der Waals surface area contributed by atoms with E-state index in [-0.39, 0.29) is 0 Å². The molecule has 1 atom stereocenters. The second-order valence-corrected chi connectivity index (χ2v) is 3.37. The van der Waals surface area contributed by atoms with Gasteiger partial charge in [0.15, 0.2) is 6.29 Å². The monoisotopic (exact) mass is 194 g/mol. The van der Waals surface area contributed by atoms with Crippen LogP contribution in [0.1, 0.15) is 16.8 Å². The third kappa shape index (κ3) is 1.60. The van der Waals surface area contributed by atoms with Gasteiger partial charge in [-0.15, -0.1) is 0 Å². The van der Waals surface area contributed by atoms with Gasteiger partial charge in [0, 0.05) is 12.7 Å². The van der Waals surface area contributed by atoms with Crippen LogP contribution in [0.2, 0.25) is 0 Å². The Bertz CT molecular complexity index is 343. The largest absolute Gasteiger partial charge is 0.353 e. The summed E-state index contributed by atoms with van der Waals surface area (Å²) in [5.74, 6) is 0.600. The smallest absolute Gasteiger partial charge is 0.153 e. The molecule has 1 aromatic rings.